The number of hydrogen-bond donors (Lipinski definition) is 2. The first-order chi connectivity index (χ1) is 18.9. The number of rotatable bonds is 8. The summed E-state index contributed by atoms with van der Waals surface area (Å²) in [5, 5.41) is 18.7. The number of carbonyl (C=O) groups excluding carboxylic acids is 1. The van der Waals surface area contributed by atoms with Crippen molar-refractivity contribution in [2.45, 2.75) is 65.1 Å². The van der Waals surface area contributed by atoms with Crippen molar-refractivity contribution in [2.75, 3.05) is 26.9 Å². The van der Waals surface area contributed by atoms with Gasteiger partial charge in [-0.05, 0) is 64.2 Å². The molecule has 2 aromatic heterocycles. The summed E-state index contributed by atoms with van der Waals surface area (Å²) in [6.45, 7) is 7.64. The van der Waals surface area contributed by atoms with E-state index in [1.165, 1.54) is 18.4 Å². The lowest BCUT2D eigenvalue weighted by molar-refractivity contribution is -0.146. The van der Waals surface area contributed by atoms with Crippen LogP contribution in [-0.4, -0.2) is 64.3 Å². The van der Waals surface area contributed by atoms with Crippen LogP contribution in [0, 0.1) is 6.92 Å². The van der Waals surface area contributed by atoms with E-state index in [-0.39, 0.29) is 29.5 Å². The molecule has 3 heterocycles. The molecule has 0 atom stereocenters. The van der Waals surface area contributed by atoms with Crippen molar-refractivity contribution in [1.29, 1.82) is 0 Å². The van der Waals surface area contributed by atoms with Crippen LogP contribution in [0.1, 0.15) is 54.4 Å². The Balaban J connectivity index is 0.000000547. The lowest BCUT2D eigenvalue weighted by atomic mass is 10.1. The van der Waals surface area contributed by atoms with Crippen molar-refractivity contribution in [3.63, 3.8) is 0 Å². The third kappa shape index (κ3) is 6.45. The number of hydrogen-bond acceptors (Lipinski definition) is 9. The fourth-order valence-corrected chi connectivity index (χ4v) is 5.56. The predicted octanol–water partition coefficient (Wildman–Crippen LogP) is 2.94. The van der Waals surface area contributed by atoms with Crippen molar-refractivity contribution in [2.24, 2.45) is 0 Å². The highest BCUT2D eigenvalue weighted by atomic mass is 32.1. The number of esters is 1. The third-order valence-electron chi connectivity index (χ3n) is 6.74. The zero-order valence-corrected chi connectivity index (χ0v) is 24.2. The molecule has 1 saturated heterocycles. The minimum atomic E-state index is -1.80. The molecule has 0 spiro atoms. The number of methoxy groups -OCH3 is 1. The Labute approximate surface area is 235 Å². The summed E-state index contributed by atoms with van der Waals surface area (Å²) in [6, 6.07) is 7.34. The van der Waals surface area contributed by atoms with Gasteiger partial charge in [0.2, 0.25) is 0 Å². The highest BCUT2D eigenvalue weighted by Crippen LogP contribution is 2.30. The molecular formula is C28H36N2O9S. The molecule has 11 nitrogen and oxygen atoms in total. The van der Waals surface area contributed by atoms with Crippen molar-refractivity contribution >= 4 is 33.5 Å². The smallest absolute Gasteiger partial charge is 0.348 e. The second-order valence-electron chi connectivity index (χ2n) is 9.80. The largest absolute Gasteiger partial charge is 0.496 e. The van der Waals surface area contributed by atoms with Gasteiger partial charge in [-0.15, -0.1) is 11.3 Å². The maximum atomic E-state index is 13.5. The van der Waals surface area contributed by atoms with Gasteiger partial charge in [-0.1, -0.05) is 18.2 Å². The molecule has 1 aliphatic rings. The number of carboxylic acid groups (broad SMARTS) is 1. The monoisotopic (exact) mass is 576 g/mol. The Hall–Kier alpha value is -3.48. The molecule has 3 aromatic rings. The van der Waals surface area contributed by atoms with Crippen molar-refractivity contribution in [3.8, 4) is 5.75 Å². The number of aliphatic hydroxyl groups is 1. The van der Waals surface area contributed by atoms with Gasteiger partial charge in [-0.2, -0.15) is 0 Å². The summed E-state index contributed by atoms with van der Waals surface area (Å²) in [4.78, 5) is 51.7. The summed E-state index contributed by atoms with van der Waals surface area (Å²) >= 11 is 0.996. The number of aryl methyl sites for hydroxylation is 3. The molecule has 12 heteroatoms. The van der Waals surface area contributed by atoms with E-state index < -0.39 is 28.7 Å². The summed E-state index contributed by atoms with van der Waals surface area (Å²) in [5.74, 6) is -1.27. The molecule has 0 saturated carbocycles. The molecule has 1 aliphatic heterocycles. The van der Waals surface area contributed by atoms with Gasteiger partial charge in [0.1, 0.15) is 21.0 Å². The van der Waals surface area contributed by atoms with E-state index in [0.717, 1.165) is 47.5 Å². The standard InChI is InChI=1S/C23H26N2O7S.C5H10O2/c1-6-32-20(27)17-13(2)16-18(26)25(23(3,4)21(28)29)22(30)24(19(16)33-17)12-11-14-9-7-8-10-15(14)31-5;6-5-1-3-7-4-2-5/h7-10H,6,11-12H2,1-5H3,(H,28,29);5-6H,1-4H2. The first-order valence-corrected chi connectivity index (χ1v) is 13.8. The van der Waals surface area contributed by atoms with E-state index >= 15 is 0 Å². The van der Waals surface area contributed by atoms with Crippen LogP contribution in [0.5, 0.6) is 5.75 Å². The molecular weight excluding hydrogens is 540 g/mol. The van der Waals surface area contributed by atoms with Crippen LogP contribution in [0.25, 0.3) is 10.2 Å². The molecule has 1 aromatic carbocycles. The van der Waals surface area contributed by atoms with Gasteiger partial charge in [-0.3, -0.25) is 9.36 Å². The first kappa shape index (κ1) is 31.1. The molecule has 0 unspecified atom stereocenters. The normalized spacial score (nSPS) is 13.9. The van der Waals surface area contributed by atoms with Crippen LogP contribution in [0.3, 0.4) is 0 Å². The molecule has 4 rings (SSSR count). The average molecular weight is 577 g/mol. The van der Waals surface area contributed by atoms with Gasteiger partial charge in [0.15, 0.2) is 0 Å². The SMILES string of the molecule is CCOC(=O)c1sc2c(c1C)c(=O)n(C(C)(C)C(=O)O)c(=O)n2CCc1ccccc1OC.OC1CCOCC1. The number of aliphatic carboxylic acids is 1. The van der Waals surface area contributed by atoms with Crippen LogP contribution in [0.2, 0.25) is 0 Å². The lowest BCUT2D eigenvalue weighted by Gasteiger charge is -2.23. The quantitative estimate of drug-likeness (QED) is 0.387. The van der Waals surface area contributed by atoms with Crippen LogP contribution < -0.4 is 16.0 Å². The minimum absolute atomic E-state index is 0.0891. The summed E-state index contributed by atoms with van der Waals surface area (Å²) < 4.78 is 17.6. The fraction of sp³-hybridized carbons (Fsp3) is 0.500. The first-order valence-electron chi connectivity index (χ1n) is 13.0. The Kier molecular flexibility index (Phi) is 10.3. The molecule has 40 heavy (non-hydrogen) atoms. The molecule has 0 amide bonds. The maximum absolute atomic E-state index is 13.5. The number of para-hydroxylation sites is 1. The van der Waals surface area contributed by atoms with E-state index in [9.17, 15) is 24.3 Å². The van der Waals surface area contributed by atoms with E-state index in [1.54, 1.807) is 27.0 Å². The Morgan fingerprint density at radius 2 is 1.82 bits per heavy atom. The molecule has 0 bridgehead atoms. The molecule has 2 N–H and O–H groups in total. The predicted molar refractivity (Wildman–Crippen MR) is 151 cm³/mol. The van der Waals surface area contributed by atoms with Gasteiger partial charge >= 0.3 is 17.6 Å². The minimum Gasteiger partial charge on any atom is -0.496 e. The summed E-state index contributed by atoms with van der Waals surface area (Å²) in [5.41, 5.74) is -2.10. The maximum Gasteiger partial charge on any atom is 0.348 e. The number of benzene rings is 1. The van der Waals surface area contributed by atoms with Crippen LogP contribution >= 0.6 is 11.3 Å². The lowest BCUT2D eigenvalue weighted by Crippen LogP contribution is -2.52. The number of carbonyl (C=O) groups is 2. The average Bonchev–Trinajstić information content (AvgIpc) is 3.26. The van der Waals surface area contributed by atoms with Crippen LogP contribution in [0.4, 0.5) is 0 Å². The fourth-order valence-electron chi connectivity index (χ4n) is 4.35. The van der Waals surface area contributed by atoms with E-state index in [0.29, 0.717) is 22.6 Å². The van der Waals surface area contributed by atoms with Gasteiger partial charge in [0, 0.05) is 19.8 Å². The van der Waals surface area contributed by atoms with Crippen LogP contribution in [-0.2, 0) is 32.8 Å². The number of thiophene rings is 1. The van der Waals surface area contributed by atoms with Crippen LogP contribution in [0.15, 0.2) is 33.9 Å². The van der Waals surface area contributed by atoms with Gasteiger partial charge < -0.3 is 24.4 Å². The topological polar surface area (TPSA) is 146 Å². The number of fused-ring (bicyclic) bond motifs is 1. The number of carboxylic acids is 1. The number of ether oxygens (including phenoxy) is 3. The Morgan fingerprint density at radius 1 is 1.18 bits per heavy atom. The zero-order chi connectivity index (χ0) is 29.6. The molecule has 218 valence electrons. The second-order valence-corrected chi connectivity index (χ2v) is 10.8. The van der Waals surface area contributed by atoms with Gasteiger partial charge in [0.25, 0.3) is 5.56 Å². The highest BCUT2D eigenvalue weighted by molar-refractivity contribution is 7.20. The number of nitrogens with zero attached hydrogens (tertiary/aromatic N) is 2. The molecule has 1 fully saturated rings. The van der Waals surface area contributed by atoms with E-state index in [1.807, 2.05) is 18.2 Å². The Morgan fingerprint density at radius 3 is 2.38 bits per heavy atom. The highest BCUT2D eigenvalue weighted by Gasteiger charge is 2.35. The summed E-state index contributed by atoms with van der Waals surface area (Å²) in [7, 11) is 1.55. The second kappa shape index (κ2) is 13.2. The summed E-state index contributed by atoms with van der Waals surface area (Å²) in [6.07, 6.45) is 1.94. The number of aliphatic hydroxyl groups excluding tert-OH is 1. The van der Waals surface area contributed by atoms with Gasteiger partial charge in [0.05, 0.1) is 25.2 Å². The van der Waals surface area contributed by atoms with Crippen molar-refractivity contribution < 1.29 is 34.0 Å². The number of aromatic nitrogens is 2. The van der Waals surface area contributed by atoms with Gasteiger partial charge in [-0.25, -0.2) is 19.0 Å². The van der Waals surface area contributed by atoms with E-state index in [4.69, 9.17) is 19.3 Å². The zero-order valence-electron chi connectivity index (χ0n) is 23.4. The Bertz CT molecular complexity index is 1480. The van der Waals surface area contributed by atoms with Crippen molar-refractivity contribution in [3.05, 3.63) is 61.1 Å². The molecule has 0 radical (unpaired) electrons. The van der Waals surface area contributed by atoms with Crippen molar-refractivity contribution in [1.82, 2.24) is 9.13 Å². The molecule has 0 aliphatic carbocycles. The van der Waals surface area contributed by atoms with E-state index in [2.05, 4.69) is 0 Å². The third-order valence-corrected chi connectivity index (χ3v) is 8.04.